The molecule has 0 aliphatic carbocycles. The van der Waals surface area contributed by atoms with Gasteiger partial charge in [-0.15, -0.1) is 5.10 Å². The Balaban J connectivity index is 1.10. The maximum atomic E-state index is 15.3. The zero-order chi connectivity index (χ0) is 40.3. The van der Waals surface area contributed by atoms with Gasteiger partial charge in [0.25, 0.3) is 17.7 Å². The van der Waals surface area contributed by atoms with Crippen molar-refractivity contribution >= 4 is 54.5 Å². The van der Waals surface area contributed by atoms with Crippen molar-refractivity contribution in [2.24, 2.45) is 5.92 Å². The first-order valence-corrected chi connectivity index (χ1v) is 22.6. The van der Waals surface area contributed by atoms with E-state index in [1.807, 2.05) is 111 Å². The number of ether oxygens (including phenoxy) is 3. The molecule has 1 spiro atoms. The minimum atomic E-state index is -2.99. The smallest absolute Gasteiger partial charge is 0.269 e. The topological polar surface area (TPSA) is 160 Å². The number of hydrogen-bond acceptors (Lipinski definition) is 10. The number of carbonyl (C=O) groups is 3. The summed E-state index contributed by atoms with van der Waals surface area (Å²) in [7, 11) is -2.99. The highest BCUT2D eigenvalue weighted by Gasteiger charge is 2.66. The molecule has 0 saturated carbocycles. The van der Waals surface area contributed by atoms with E-state index < -0.39 is 25.9 Å². The molecule has 4 atom stereocenters. The van der Waals surface area contributed by atoms with Crippen LogP contribution in [0.4, 0.5) is 28.4 Å². The van der Waals surface area contributed by atoms with Gasteiger partial charge in [-0.3, -0.25) is 28.9 Å². The fraction of sp³-hybridized carbons (Fsp3) is 0.326. The van der Waals surface area contributed by atoms with Crippen molar-refractivity contribution in [2.45, 2.75) is 63.2 Å². The van der Waals surface area contributed by atoms with Gasteiger partial charge in [0, 0.05) is 54.2 Å². The van der Waals surface area contributed by atoms with Gasteiger partial charge in [-0.25, -0.2) is 0 Å². The van der Waals surface area contributed by atoms with Crippen LogP contribution in [0, 0.1) is 5.92 Å². The number of aliphatic hydroxyl groups is 1. The Bertz CT molecular complexity index is 2420. The molecule has 1 fully saturated rings. The number of aromatic nitrogens is 3. The number of hydrogen-bond donors (Lipinski definition) is 2. The second kappa shape index (κ2) is 14.5. The van der Waals surface area contributed by atoms with E-state index in [4.69, 9.17) is 14.2 Å². The van der Waals surface area contributed by atoms with E-state index >= 15 is 4.79 Å². The van der Waals surface area contributed by atoms with Crippen molar-refractivity contribution in [1.29, 1.82) is 0 Å². The number of amides is 3. The van der Waals surface area contributed by atoms with Gasteiger partial charge in [0.1, 0.15) is 11.5 Å². The van der Waals surface area contributed by atoms with E-state index in [0.29, 0.717) is 70.6 Å². The van der Waals surface area contributed by atoms with Crippen LogP contribution in [-0.2, 0) is 44.2 Å². The summed E-state index contributed by atoms with van der Waals surface area (Å²) < 4.78 is 20.2. The largest absolute Gasteiger partial charge is 0.482 e. The van der Waals surface area contributed by atoms with Gasteiger partial charge in [0.15, 0.2) is 27.1 Å². The minimum absolute atomic E-state index is 0.0370. The third-order valence-corrected chi connectivity index (χ3v) is 14.3. The quantitative estimate of drug-likeness (QED) is 0.176. The molecule has 2 N–H and O–H groups in total. The summed E-state index contributed by atoms with van der Waals surface area (Å²) in [6.07, 6.45) is 2.13. The first-order valence-electron chi connectivity index (χ1n) is 19.5. The lowest BCUT2D eigenvalue weighted by Gasteiger charge is -2.33. The van der Waals surface area contributed by atoms with Crippen LogP contribution in [0.1, 0.15) is 30.2 Å². The number of para-hydroxylation sites is 4. The molecule has 15 heteroatoms. The predicted octanol–water partition coefficient (Wildman–Crippen LogP) is 5.36. The Morgan fingerprint density at radius 2 is 1.45 bits per heavy atom. The Morgan fingerprint density at radius 1 is 0.828 bits per heavy atom. The summed E-state index contributed by atoms with van der Waals surface area (Å²) in [5.74, 6) is 0.0770. The van der Waals surface area contributed by atoms with Crippen molar-refractivity contribution in [3.05, 3.63) is 114 Å². The fourth-order valence-electron chi connectivity index (χ4n) is 9.27. The molecule has 0 bridgehead atoms. The molecule has 58 heavy (non-hydrogen) atoms. The van der Waals surface area contributed by atoms with Gasteiger partial charge in [0.05, 0.1) is 35.4 Å². The molecular formula is C43H44N6O8Si. The summed E-state index contributed by atoms with van der Waals surface area (Å²) in [5.41, 5.74) is 3.48. The highest BCUT2D eigenvalue weighted by atomic mass is 28.4. The lowest BCUT2D eigenvalue weighted by molar-refractivity contribution is -0.146. The monoisotopic (exact) mass is 800 g/mol. The van der Waals surface area contributed by atoms with Gasteiger partial charge < -0.3 is 29.0 Å². The number of aliphatic hydroxyl groups excluding tert-OH is 1. The van der Waals surface area contributed by atoms with Crippen LogP contribution in [0.5, 0.6) is 11.5 Å². The molecule has 4 aliphatic rings. The first kappa shape index (κ1) is 37.7. The maximum Gasteiger partial charge on any atom is 0.269 e. The van der Waals surface area contributed by atoms with E-state index in [0.717, 1.165) is 5.56 Å². The molecule has 0 unspecified atom stereocenters. The molecule has 1 saturated heterocycles. The van der Waals surface area contributed by atoms with Crippen molar-refractivity contribution in [2.75, 3.05) is 34.5 Å². The molecule has 14 nitrogen and oxygen atoms in total. The van der Waals surface area contributed by atoms with Gasteiger partial charge >= 0.3 is 0 Å². The van der Waals surface area contributed by atoms with Crippen molar-refractivity contribution in [3.8, 4) is 11.5 Å². The average molecular weight is 801 g/mol. The van der Waals surface area contributed by atoms with Crippen LogP contribution in [-0.4, -0.2) is 76.9 Å². The van der Waals surface area contributed by atoms with Crippen LogP contribution in [0.15, 0.2) is 97.2 Å². The zero-order valence-corrected chi connectivity index (χ0v) is 33.4. The Labute approximate surface area is 336 Å². The molecule has 298 valence electrons. The molecule has 4 aliphatic heterocycles. The molecule has 5 aromatic rings. The van der Waals surface area contributed by atoms with Crippen LogP contribution >= 0.6 is 0 Å². The number of fused-ring (bicyclic) bond motifs is 4. The molecule has 0 radical (unpaired) electrons. The lowest BCUT2D eigenvalue weighted by Crippen LogP contribution is -2.46. The fourth-order valence-corrected chi connectivity index (χ4v) is 11.9. The third kappa shape index (κ3) is 6.25. The standard InChI is InChI=1S/C43H44N6O8Si/c1-27-41(58(2,3)54)38(18-20-46-24-29(19-21-50)44-45-46)57-43(27)32-22-31(49-35-9-5-7-11-37(35)56-26-40(49)52)16-17-33(32)47(42(43)53)23-28-12-14-30(15-13-28)48-34-8-4-6-10-36(34)55-25-39(48)51/h4-17,22,24,27,38,41,50,54H,18-21,23,25-26H2,1-3H3/t27-,38+,41-,43+/m0/s1. The number of rotatable bonds is 10. The van der Waals surface area contributed by atoms with Crippen LogP contribution < -0.4 is 24.2 Å². The summed E-state index contributed by atoms with van der Waals surface area (Å²) in [4.78, 5) is 58.8. The summed E-state index contributed by atoms with van der Waals surface area (Å²) in [6.45, 7) is 6.16. The molecular weight excluding hydrogens is 757 g/mol. The minimum Gasteiger partial charge on any atom is -0.482 e. The highest BCUT2D eigenvalue weighted by molar-refractivity contribution is 6.71. The molecule has 3 amide bonds. The van der Waals surface area contributed by atoms with Crippen molar-refractivity contribution in [3.63, 3.8) is 0 Å². The predicted molar refractivity (Wildman–Crippen MR) is 217 cm³/mol. The van der Waals surface area contributed by atoms with Gasteiger partial charge in [-0.05, 0) is 79.7 Å². The maximum absolute atomic E-state index is 15.3. The molecule has 4 aromatic carbocycles. The molecule has 5 heterocycles. The molecule has 1 aromatic heterocycles. The van der Waals surface area contributed by atoms with Crippen molar-refractivity contribution in [1.82, 2.24) is 15.0 Å². The van der Waals surface area contributed by atoms with Gasteiger partial charge in [-0.2, -0.15) is 0 Å². The number of anilines is 5. The normalized spacial score (nSPS) is 22.5. The van der Waals surface area contributed by atoms with Gasteiger partial charge in [0.2, 0.25) is 0 Å². The highest BCUT2D eigenvalue weighted by Crippen LogP contribution is 2.60. The Hall–Kier alpha value is -5.87. The van der Waals surface area contributed by atoms with E-state index in [9.17, 15) is 19.5 Å². The first-order chi connectivity index (χ1) is 28.0. The van der Waals surface area contributed by atoms with E-state index in [2.05, 4.69) is 10.3 Å². The van der Waals surface area contributed by atoms with Gasteiger partial charge in [-0.1, -0.05) is 48.5 Å². The second-order valence-corrected chi connectivity index (χ2v) is 19.8. The summed E-state index contributed by atoms with van der Waals surface area (Å²) in [6, 6.07) is 27.9. The summed E-state index contributed by atoms with van der Waals surface area (Å²) in [5, 5.41) is 17.8. The number of aryl methyl sites for hydroxylation is 1. The number of carbonyl (C=O) groups excluding carboxylic acids is 3. The Kier molecular flexibility index (Phi) is 9.42. The summed E-state index contributed by atoms with van der Waals surface area (Å²) >= 11 is 0. The van der Waals surface area contributed by atoms with E-state index in [-0.39, 0.29) is 49.6 Å². The Morgan fingerprint density at radius 3 is 2.09 bits per heavy atom. The zero-order valence-electron chi connectivity index (χ0n) is 32.4. The van der Waals surface area contributed by atoms with Crippen LogP contribution in [0.25, 0.3) is 0 Å². The van der Waals surface area contributed by atoms with Crippen molar-refractivity contribution < 1.29 is 38.5 Å². The average Bonchev–Trinajstić information content (AvgIpc) is 3.86. The lowest BCUT2D eigenvalue weighted by atomic mass is 9.82. The second-order valence-electron chi connectivity index (χ2n) is 15.8. The molecule has 9 rings (SSSR count). The number of nitrogens with zero attached hydrogens (tertiary/aromatic N) is 6. The van der Waals surface area contributed by atoms with Crippen LogP contribution in [0.3, 0.4) is 0 Å². The SMILES string of the molecule is C[C@H]1[C@H]([Si](C)(C)O)[C@@H](CCn2cc(CCO)nn2)O[C@]12C(=O)N(Cc1ccc(N3C(=O)COc4ccccc43)cc1)c1ccc(N3C(=O)COc4ccccc43)cc12. The van der Waals surface area contributed by atoms with E-state index in [1.54, 1.807) is 25.6 Å². The van der Waals surface area contributed by atoms with E-state index in [1.165, 1.54) is 0 Å². The third-order valence-electron chi connectivity index (χ3n) is 11.8. The number of benzene rings is 4. The van der Waals surface area contributed by atoms with Crippen LogP contribution in [0.2, 0.25) is 18.6 Å².